The molecule has 2 aromatic carbocycles. The fraction of sp³-hybridized carbons (Fsp3) is 0.217. The van der Waals surface area contributed by atoms with Crippen molar-refractivity contribution in [3.8, 4) is 0 Å². The third-order valence-electron chi connectivity index (χ3n) is 4.98. The lowest BCUT2D eigenvalue weighted by Gasteiger charge is -2.28. The Labute approximate surface area is 169 Å². The number of amides is 1. The molecular weight excluding hydrogens is 367 g/mol. The average molecular weight is 390 g/mol. The molecule has 6 heteroatoms. The molecule has 0 aliphatic carbocycles. The molecular formula is C23H23FN4O. The molecule has 1 aromatic heterocycles. The molecule has 2 N–H and O–H groups in total. The summed E-state index contributed by atoms with van der Waals surface area (Å²) >= 11 is 0. The highest BCUT2D eigenvalue weighted by Crippen LogP contribution is 2.24. The Morgan fingerprint density at radius 3 is 2.28 bits per heavy atom. The summed E-state index contributed by atoms with van der Waals surface area (Å²) in [7, 11) is 0. The highest BCUT2D eigenvalue weighted by molar-refractivity contribution is 6.04. The van der Waals surface area contributed by atoms with E-state index in [0.29, 0.717) is 11.3 Å². The second kappa shape index (κ2) is 8.73. The summed E-state index contributed by atoms with van der Waals surface area (Å²) in [4.78, 5) is 19.0. The zero-order valence-corrected chi connectivity index (χ0v) is 16.1. The highest BCUT2D eigenvalue weighted by atomic mass is 19.1. The van der Waals surface area contributed by atoms with Crippen molar-refractivity contribution in [1.82, 2.24) is 4.98 Å². The van der Waals surface area contributed by atoms with Gasteiger partial charge in [0.1, 0.15) is 5.82 Å². The minimum Gasteiger partial charge on any atom is -0.372 e. The van der Waals surface area contributed by atoms with Crippen LogP contribution in [0.5, 0.6) is 0 Å². The lowest BCUT2D eigenvalue weighted by Crippen LogP contribution is -2.29. The molecule has 1 aliphatic heterocycles. The Kier molecular flexibility index (Phi) is 5.70. The maximum Gasteiger partial charge on any atom is 0.257 e. The second-order valence-electron chi connectivity index (χ2n) is 7.14. The van der Waals surface area contributed by atoms with Gasteiger partial charge in [0.2, 0.25) is 0 Å². The van der Waals surface area contributed by atoms with Gasteiger partial charge in [-0.25, -0.2) is 4.39 Å². The van der Waals surface area contributed by atoms with E-state index in [4.69, 9.17) is 0 Å². The van der Waals surface area contributed by atoms with E-state index in [0.717, 1.165) is 24.5 Å². The van der Waals surface area contributed by atoms with Crippen LogP contribution in [0.1, 0.15) is 29.6 Å². The van der Waals surface area contributed by atoms with E-state index in [-0.39, 0.29) is 11.7 Å². The normalized spacial score (nSPS) is 13.8. The van der Waals surface area contributed by atoms with Gasteiger partial charge in [-0.15, -0.1) is 0 Å². The molecule has 1 fully saturated rings. The molecule has 5 nitrogen and oxygen atoms in total. The molecule has 0 saturated carbocycles. The van der Waals surface area contributed by atoms with E-state index in [1.165, 1.54) is 55.4 Å². The van der Waals surface area contributed by atoms with E-state index < -0.39 is 0 Å². The SMILES string of the molecule is O=C(Nc1ccc(F)cc1)c1cncc(Nc2ccc(N3CCCCC3)cc2)c1. The lowest BCUT2D eigenvalue weighted by atomic mass is 10.1. The number of piperidine rings is 1. The van der Waals surface area contributed by atoms with Gasteiger partial charge in [-0.3, -0.25) is 9.78 Å². The predicted octanol–water partition coefficient (Wildman–Crippen LogP) is 5.21. The predicted molar refractivity (Wildman–Crippen MR) is 114 cm³/mol. The molecule has 1 amide bonds. The minimum absolute atomic E-state index is 0.298. The summed E-state index contributed by atoms with van der Waals surface area (Å²) in [5.74, 6) is -0.643. The molecule has 0 atom stereocenters. The van der Waals surface area contributed by atoms with Crippen LogP contribution >= 0.6 is 0 Å². The van der Waals surface area contributed by atoms with Crippen molar-refractivity contribution in [1.29, 1.82) is 0 Å². The monoisotopic (exact) mass is 390 g/mol. The summed E-state index contributed by atoms with van der Waals surface area (Å²) in [6.45, 7) is 2.23. The third kappa shape index (κ3) is 4.90. The number of hydrogen-bond donors (Lipinski definition) is 2. The van der Waals surface area contributed by atoms with Crippen LogP contribution in [0.4, 0.5) is 27.1 Å². The van der Waals surface area contributed by atoms with Crippen molar-refractivity contribution in [3.05, 3.63) is 78.4 Å². The van der Waals surface area contributed by atoms with Crippen LogP contribution in [0.25, 0.3) is 0 Å². The summed E-state index contributed by atoms with van der Waals surface area (Å²) in [5, 5.41) is 6.03. The van der Waals surface area contributed by atoms with Crippen molar-refractivity contribution in [2.45, 2.75) is 19.3 Å². The number of carbonyl (C=O) groups is 1. The van der Waals surface area contributed by atoms with Crippen LogP contribution in [0, 0.1) is 5.82 Å². The van der Waals surface area contributed by atoms with Crippen LogP contribution in [-0.4, -0.2) is 24.0 Å². The molecule has 0 spiro atoms. The molecule has 148 valence electrons. The number of pyridine rings is 1. The molecule has 29 heavy (non-hydrogen) atoms. The minimum atomic E-state index is -0.345. The van der Waals surface area contributed by atoms with Crippen molar-refractivity contribution in [2.24, 2.45) is 0 Å². The first-order chi connectivity index (χ1) is 14.2. The van der Waals surface area contributed by atoms with E-state index in [2.05, 4.69) is 32.7 Å². The van der Waals surface area contributed by atoms with E-state index in [1.807, 2.05) is 12.1 Å². The van der Waals surface area contributed by atoms with Gasteiger partial charge in [0.15, 0.2) is 0 Å². The molecule has 4 rings (SSSR count). The van der Waals surface area contributed by atoms with Gasteiger partial charge in [0, 0.05) is 36.3 Å². The standard InChI is InChI=1S/C23H23FN4O/c24-18-4-6-20(7-5-18)27-23(29)17-14-21(16-25-15-17)26-19-8-10-22(11-9-19)28-12-2-1-3-13-28/h4-11,14-16,26H,1-3,12-13H2,(H,27,29). The molecule has 0 unspecified atom stereocenters. The number of benzene rings is 2. The van der Waals surface area contributed by atoms with Gasteiger partial charge in [-0.1, -0.05) is 0 Å². The number of hydrogen-bond acceptors (Lipinski definition) is 4. The lowest BCUT2D eigenvalue weighted by molar-refractivity contribution is 0.102. The summed E-state index contributed by atoms with van der Waals surface area (Å²) in [5.41, 5.74) is 3.85. The van der Waals surface area contributed by atoms with Crippen LogP contribution < -0.4 is 15.5 Å². The third-order valence-corrected chi connectivity index (χ3v) is 4.98. The number of nitrogens with zero attached hydrogens (tertiary/aromatic N) is 2. The fourth-order valence-corrected chi connectivity index (χ4v) is 3.44. The van der Waals surface area contributed by atoms with Crippen LogP contribution in [0.15, 0.2) is 67.0 Å². The second-order valence-corrected chi connectivity index (χ2v) is 7.14. The van der Waals surface area contributed by atoms with Crippen molar-refractivity contribution < 1.29 is 9.18 Å². The van der Waals surface area contributed by atoms with Gasteiger partial charge >= 0.3 is 0 Å². The molecule has 0 bridgehead atoms. The topological polar surface area (TPSA) is 57.3 Å². The largest absolute Gasteiger partial charge is 0.372 e. The molecule has 1 aliphatic rings. The summed E-state index contributed by atoms with van der Waals surface area (Å²) in [6.07, 6.45) is 6.99. The Hall–Kier alpha value is -3.41. The number of aromatic nitrogens is 1. The Morgan fingerprint density at radius 2 is 1.55 bits per heavy atom. The van der Waals surface area contributed by atoms with Crippen molar-refractivity contribution in [2.75, 3.05) is 28.6 Å². The van der Waals surface area contributed by atoms with Gasteiger partial charge < -0.3 is 15.5 Å². The van der Waals surface area contributed by atoms with Gasteiger partial charge in [-0.05, 0) is 73.9 Å². The quantitative estimate of drug-likeness (QED) is 0.628. The van der Waals surface area contributed by atoms with Crippen LogP contribution in [0.3, 0.4) is 0 Å². The van der Waals surface area contributed by atoms with E-state index in [9.17, 15) is 9.18 Å². The van der Waals surface area contributed by atoms with Gasteiger partial charge in [0.25, 0.3) is 5.91 Å². The van der Waals surface area contributed by atoms with E-state index in [1.54, 1.807) is 12.3 Å². The number of anilines is 4. The maximum atomic E-state index is 13.0. The smallest absolute Gasteiger partial charge is 0.257 e. The van der Waals surface area contributed by atoms with Crippen LogP contribution in [-0.2, 0) is 0 Å². The molecule has 1 saturated heterocycles. The Morgan fingerprint density at radius 1 is 0.862 bits per heavy atom. The highest BCUT2D eigenvalue weighted by Gasteiger charge is 2.11. The Balaban J connectivity index is 1.41. The van der Waals surface area contributed by atoms with Gasteiger partial charge in [0.05, 0.1) is 17.4 Å². The van der Waals surface area contributed by atoms with E-state index >= 15 is 0 Å². The maximum absolute atomic E-state index is 13.0. The molecule has 2 heterocycles. The average Bonchev–Trinajstić information content (AvgIpc) is 2.77. The summed E-state index contributed by atoms with van der Waals surface area (Å²) in [6, 6.07) is 15.7. The van der Waals surface area contributed by atoms with Crippen LogP contribution in [0.2, 0.25) is 0 Å². The Bertz CT molecular complexity index is 967. The number of rotatable bonds is 5. The fourth-order valence-electron chi connectivity index (χ4n) is 3.44. The number of nitrogens with one attached hydrogen (secondary N) is 2. The van der Waals surface area contributed by atoms with Gasteiger partial charge in [-0.2, -0.15) is 0 Å². The molecule has 0 radical (unpaired) electrons. The zero-order valence-electron chi connectivity index (χ0n) is 16.1. The first-order valence-electron chi connectivity index (χ1n) is 9.81. The summed E-state index contributed by atoms with van der Waals surface area (Å²) < 4.78 is 13.0. The first kappa shape index (κ1) is 18.9. The zero-order chi connectivity index (χ0) is 20.1. The van der Waals surface area contributed by atoms with Crippen molar-refractivity contribution >= 4 is 28.7 Å². The molecule has 3 aromatic rings. The first-order valence-corrected chi connectivity index (χ1v) is 9.81. The van der Waals surface area contributed by atoms with Crippen molar-refractivity contribution in [3.63, 3.8) is 0 Å². The number of carbonyl (C=O) groups excluding carboxylic acids is 1. The number of halogens is 1.